The molecule has 0 spiro atoms. The third-order valence-corrected chi connectivity index (χ3v) is 4.45. The third kappa shape index (κ3) is 3.84. The average molecular weight is 249 g/mol. The van der Waals surface area contributed by atoms with Crippen LogP contribution < -0.4 is 0 Å². The second-order valence-electron chi connectivity index (χ2n) is 3.91. The van der Waals surface area contributed by atoms with Crippen LogP contribution in [0.2, 0.25) is 0 Å². The van der Waals surface area contributed by atoms with Gasteiger partial charge >= 0.3 is 5.97 Å². The van der Waals surface area contributed by atoms with E-state index in [0.717, 1.165) is 19.6 Å². The highest BCUT2D eigenvalue weighted by Crippen LogP contribution is 2.08. The summed E-state index contributed by atoms with van der Waals surface area (Å²) >= 11 is 0. The number of rotatable bonds is 5. The Morgan fingerprint density at radius 2 is 2.38 bits per heavy atom. The van der Waals surface area contributed by atoms with Crippen molar-refractivity contribution >= 4 is 16.8 Å². The van der Waals surface area contributed by atoms with E-state index in [4.69, 9.17) is 9.84 Å². The molecule has 94 valence electrons. The minimum absolute atomic E-state index is 0.101. The van der Waals surface area contributed by atoms with Crippen LogP contribution in [0, 0.1) is 0 Å². The van der Waals surface area contributed by atoms with Crippen LogP contribution in [0.15, 0.2) is 0 Å². The number of carboxylic acids is 1. The molecule has 6 heteroatoms. The summed E-state index contributed by atoms with van der Waals surface area (Å²) in [5, 5.41) is 7.92. The van der Waals surface area contributed by atoms with Crippen molar-refractivity contribution in [3.05, 3.63) is 0 Å². The molecule has 0 bridgehead atoms. The van der Waals surface area contributed by atoms with E-state index in [2.05, 4.69) is 11.8 Å². The summed E-state index contributed by atoms with van der Waals surface area (Å²) in [7, 11) is -1.36. The van der Waals surface area contributed by atoms with Gasteiger partial charge in [0, 0.05) is 23.9 Å². The molecule has 0 aromatic heterocycles. The second-order valence-corrected chi connectivity index (χ2v) is 5.72. The Bertz CT molecular complexity index is 272. The van der Waals surface area contributed by atoms with Gasteiger partial charge in [0.15, 0.2) is 0 Å². The third-order valence-electron chi connectivity index (χ3n) is 2.76. The normalized spacial score (nSPS) is 26.2. The molecule has 0 aromatic carbocycles. The van der Waals surface area contributed by atoms with Crippen molar-refractivity contribution in [2.45, 2.75) is 25.2 Å². The van der Waals surface area contributed by atoms with Gasteiger partial charge in [0.1, 0.15) is 5.25 Å². The zero-order chi connectivity index (χ0) is 12.1. The number of likely N-dealkylation sites (N-methyl/N-ethyl adjacent to an activating group) is 1. The Balaban J connectivity index is 2.41. The number of nitrogens with zero attached hydrogens (tertiary/aromatic N) is 1. The van der Waals surface area contributed by atoms with Gasteiger partial charge in [-0.3, -0.25) is 13.9 Å². The summed E-state index contributed by atoms with van der Waals surface area (Å²) in [6.07, 6.45) is -0.101. The number of aliphatic carboxylic acids is 1. The Morgan fingerprint density at radius 1 is 1.69 bits per heavy atom. The van der Waals surface area contributed by atoms with Crippen molar-refractivity contribution < 1.29 is 18.8 Å². The van der Waals surface area contributed by atoms with Gasteiger partial charge in [0.05, 0.1) is 18.5 Å². The van der Waals surface area contributed by atoms with Gasteiger partial charge in [-0.05, 0) is 13.5 Å². The molecule has 1 aliphatic heterocycles. The maximum atomic E-state index is 11.7. The van der Waals surface area contributed by atoms with Crippen LogP contribution in [0.5, 0.6) is 0 Å². The largest absolute Gasteiger partial charge is 0.480 e. The van der Waals surface area contributed by atoms with E-state index in [1.165, 1.54) is 6.92 Å². The minimum Gasteiger partial charge on any atom is -0.480 e. The van der Waals surface area contributed by atoms with Crippen molar-refractivity contribution in [2.75, 3.05) is 32.0 Å². The van der Waals surface area contributed by atoms with E-state index in [9.17, 15) is 9.00 Å². The van der Waals surface area contributed by atoms with E-state index in [0.29, 0.717) is 12.4 Å². The first kappa shape index (κ1) is 13.6. The van der Waals surface area contributed by atoms with E-state index < -0.39 is 22.0 Å². The molecular weight excluding hydrogens is 230 g/mol. The van der Waals surface area contributed by atoms with E-state index in [1.54, 1.807) is 0 Å². The highest BCUT2D eigenvalue weighted by Gasteiger charge is 2.26. The summed E-state index contributed by atoms with van der Waals surface area (Å²) in [5.41, 5.74) is 0. The molecule has 1 aliphatic rings. The maximum Gasteiger partial charge on any atom is 0.318 e. The van der Waals surface area contributed by atoms with Crippen molar-refractivity contribution in [3.8, 4) is 0 Å². The van der Waals surface area contributed by atoms with Crippen molar-refractivity contribution in [1.29, 1.82) is 0 Å². The second kappa shape index (κ2) is 6.32. The van der Waals surface area contributed by atoms with Gasteiger partial charge in [-0.15, -0.1) is 0 Å². The lowest BCUT2D eigenvalue weighted by Crippen LogP contribution is -2.45. The number of hydrogen-bond donors (Lipinski definition) is 1. The molecule has 0 aromatic rings. The molecule has 0 radical (unpaired) electrons. The standard InChI is InChI=1S/C10H19NO4S/c1-3-11-4-5-15-9(6-11)7-16(14)8(2)10(12)13/h8-9H,3-7H2,1-2H3,(H,12,13). The van der Waals surface area contributed by atoms with Gasteiger partial charge in [-0.1, -0.05) is 6.92 Å². The molecule has 0 amide bonds. The zero-order valence-electron chi connectivity index (χ0n) is 9.72. The molecule has 0 aliphatic carbocycles. The highest BCUT2D eigenvalue weighted by atomic mass is 32.2. The van der Waals surface area contributed by atoms with E-state index in [1.807, 2.05) is 0 Å². The van der Waals surface area contributed by atoms with Crippen LogP contribution >= 0.6 is 0 Å². The van der Waals surface area contributed by atoms with Gasteiger partial charge in [0.2, 0.25) is 0 Å². The van der Waals surface area contributed by atoms with Gasteiger partial charge in [-0.2, -0.15) is 0 Å². The molecule has 3 unspecified atom stereocenters. The molecule has 16 heavy (non-hydrogen) atoms. The predicted molar refractivity (Wildman–Crippen MR) is 62.0 cm³/mol. The number of ether oxygens (including phenoxy) is 1. The molecule has 1 N–H and O–H groups in total. The first-order valence-electron chi connectivity index (χ1n) is 5.48. The van der Waals surface area contributed by atoms with Crippen molar-refractivity contribution in [3.63, 3.8) is 0 Å². The topological polar surface area (TPSA) is 66.8 Å². The Morgan fingerprint density at radius 3 is 2.94 bits per heavy atom. The molecule has 1 heterocycles. The van der Waals surface area contributed by atoms with Crippen molar-refractivity contribution in [2.24, 2.45) is 0 Å². The lowest BCUT2D eigenvalue weighted by Gasteiger charge is -2.32. The summed E-state index contributed by atoms with van der Waals surface area (Å²) in [6.45, 7) is 6.76. The van der Waals surface area contributed by atoms with Crippen LogP contribution in [0.1, 0.15) is 13.8 Å². The van der Waals surface area contributed by atoms with Crippen molar-refractivity contribution in [1.82, 2.24) is 4.90 Å². The fourth-order valence-electron chi connectivity index (χ4n) is 1.61. The molecule has 5 nitrogen and oxygen atoms in total. The highest BCUT2D eigenvalue weighted by molar-refractivity contribution is 7.86. The van der Waals surface area contributed by atoms with E-state index in [-0.39, 0.29) is 6.10 Å². The Kier molecular flexibility index (Phi) is 5.37. The average Bonchev–Trinajstić information content (AvgIpc) is 2.28. The quantitative estimate of drug-likeness (QED) is 0.738. The maximum absolute atomic E-state index is 11.7. The molecular formula is C10H19NO4S. The van der Waals surface area contributed by atoms with Gasteiger partial charge < -0.3 is 9.84 Å². The number of carbonyl (C=O) groups is 1. The lowest BCUT2D eigenvalue weighted by atomic mass is 10.3. The van der Waals surface area contributed by atoms with Gasteiger partial charge in [-0.25, -0.2) is 0 Å². The van der Waals surface area contributed by atoms with Crippen LogP contribution in [0.4, 0.5) is 0 Å². The molecule has 1 fully saturated rings. The lowest BCUT2D eigenvalue weighted by molar-refractivity contribution is -0.136. The number of hydrogen-bond acceptors (Lipinski definition) is 4. The molecule has 3 atom stereocenters. The summed E-state index contributed by atoms with van der Waals surface area (Å²) in [5.74, 6) is -0.703. The fraction of sp³-hybridized carbons (Fsp3) is 0.900. The summed E-state index contributed by atoms with van der Waals surface area (Å²) in [4.78, 5) is 12.9. The predicted octanol–water partition coefficient (Wildman–Crippen LogP) is -0.0711. The van der Waals surface area contributed by atoms with Crippen LogP contribution in [-0.2, 0) is 20.3 Å². The minimum atomic E-state index is -1.36. The number of carboxylic acid groups (broad SMARTS) is 1. The fourth-order valence-corrected chi connectivity index (χ4v) is 2.69. The van der Waals surface area contributed by atoms with Gasteiger partial charge in [0.25, 0.3) is 0 Å². The SMILES string of the molecule is CCN1CCOC(CS(=O)C(C)C(=O)O)C1. The molecule has 1 saturated heterocycles. The molecule has 0 saturated carbocycles. The van der Waals surface area contributed by atoms with E-state index >= 15 is 0 Å². The molecule has 1 rings (SSSR count). The Labute approximate surface area is 98.2 Å². The van der Waals surface area contributed by atoms with Crippen LogP contribution in [0.25, 0.3) is 0 Å². The first-order valence-corrected chi connectivity index (χ1v) is 6.86. The van der Waals surface area contributed by atoms with Crippen LogP contribution in [0.3, 0.4) is 0 Å². The summed E-state index contributed by atoms with van der Waals surface area (Å²) in [6, 6.07) is 0. The first-order chi connectivity index (χ1) is 7.54. The smallest absolute Gasteiger partial charge is 0.318 e. The Hall–Kier alpha value is -0.460. The monoisotopic (exact) mass is 249 g/mol. The number of morpholine rings is 1. The van der Waals surface area contributed by atoms with Crippen LogP contribution in [-0.4, -0.2) is 63.5 Å². The summed E-state index contributed by atoms with van der Waals surface area (Å²) < 4.78 is 17.2. The zero-order valence-corrected chi connectivity index (χ0v) is 10.5.